The van der Waals surface area contributed by atoms with Crippen molar-refractivity contribution < 1.29 is 9.72 Å². The van der Waals surface area contributed by atoms with Gasteiger partial charge < -0.3 is 0 Å². The van der Waals surface area contributed by atoms with Crippen LogP contribution >= 0.6 is 11.6 Å². The van der Waals surface area contributed by atoms with Gasteiger partial charge in [-0.25, -0.2) is 0 Å². The molecular formula is C5H8ClNO3. The maximum absolute atomic E-state index is 10.2. The minimum Gasteiger partial charge on any atom is -0.281 e. The molecule has 0 aromatic carbocycles. The Balaban J connectivity index is 3.53. The van der Waals surface area contributed by atoms with Gasteiger partial charge in [-0.3, -0.25) is 14.9 Å². The molecule has 58 valence electrons. The number of rotatable bonds is 4. The van der Waals surface area contributed by atoms with Crippen LogP contribution in [-0.2, 0) is 4.79 Å². The number of hydrogen-bond donors (Lipinski definition) is 0. The van der Waals surface area contributed by atoms with E-state index in [-0.39, 0.29) is 18.9 Å². The van der Waals surface area contributed by atoms with Crippen molar-refractivity contribution in [3.8, 4) is 0 Å². The molecule has 0 N–H and O–H groups in total. The van der Waals surface area contributed by atoms with Crippen LogP contribution in [0.25, 0.3) is 0 Å². The van der Waals surface area contributed by atoms with Crippen LogP contribution in [0.3, 0.4) is 0 Å². The van der Waals surface area contributed by atoms with Crippen molar-refractivity contribution in [3.05, 3.63) is 10.1 Å². The summed E-state index contributed by atoms with van der Waals surface area (Å²) in [5.74, 6) is -0.264. The maximum Gasteiger partial charge on any atom is 0.222 e. The van der Waals surface area contributed by atoms with Gasteiger partial charge in [0.05, 0.1) is 0 Å². The second kappa shape index (κ2) is 4.22. The number of hydrogen-bond acceptors (Lipinski definition) is 3. The molecule has 0 spiro atoms. The summed E-state index contributed by atoms with van der Waals surface area (Å²) in [6.07, 6.45) is 0.0720. The highest BCUT2D eigenvalue weighted by atomic mass is 35.5. The highest BCUT2D eigenvalue weighted by Crippen LogP contribution is 2.03. The first-order valence-corrected chi connectivity index (χ1v) is 3.20. The van der Waals surface area contributed by atoms with Gasteiger partial charge in [0, 0.05) is 17.3 Å². The van der Waals surface area contributed by atoms with Crippen LogP contribution in [0.15, 0.2) is 0 Å². The topological polar surface area (TPSA) is 60.2 Å². The molecule has 0 fully saturated rings. The molecule has 0 saturated carbocycles. The number of halogens is 1. The molecule has 0 heterocycles. The lowest BCUT2D eigenvalue weighted by atomic mass is 10.1. The average Bonchev–Trinajstić information content (AvgIpc) is 1.58. The van der Waals surface area contributed by atoms with E-state index in [1.807, 2.05) is 0 Å². The van der Waals surface area contributed by atoms with Crippen molar-refractivity contribution in [3.63, 3.8) is 0 Å². The van der Waals surface area contributed by atoms with Crippen LogP contribution in [0.1, 0.15) is 13.3 Å². The van der Waals surface area contributed by atoms with E-state index in [1.165, 1.54) is 0 Å². The Morgan fingerprint density at radius 2 is 2.30 bits per heavy atom. The Bertz CT molecular complexity index is 132. The first kappa shape index (κ1) is 9.36. The normalized spacial score (nSPS) is 12.6. The standard InChI is InChI=1S/C5H8ClNO3/c1-4(2-5(6)8)3-7(9)10/h4H,2-3H2,1H3/t4-/m1/s1. The summed E-state index contributed by atoms with van der Waals surface area (Å²) in [5.41, 5.74) is 0. The molecule has 0 aliphatic carbocycles. The third kappa shape index (κ3) is 5.50. The first-order chi connectivity index (χ1) is 4.52. The largest absolute Gasteiger partial charge is 0.281 e. The molecule has 0 rings (SSSR count). The van der Waals surface area contributed by atoms with Gasteiger partial charge in [-0.2, -0.15) is 0 Å². The van der Waals surface area contributed by atoms with E-state index < -0.39 is 10.2 Å². The SMILES string of the molecule is C[C@H](CC(=O)Cl)C[N+](=O)[O-]. The smallest absolute Gasteiger partial charge is 0.222 e. The van der Waals surface area contributed by atoms with Crippen LogP contribution in [0.5, 0.6) is 0 Å². The molecule has 5 heteroatoms. The summed E-state index contributed by atoms with van der Waals surface area (Å²) >= 11 is 4.99. The van der Waals surface area contributed by atoms with Crippen molar-refractivity contribution in [2.75, 3.05) is 6.54 Å². The summed E-state index contributed by atoms with van der Waals surface area (Å²) < 4.78 is 0. The molecule has 0 aromatic heterocycles. The van der Waals surface area contributed by atoms with Crippen LogP contribution in [0, 0.1) is 16.0 Å². The Morgan fingerprint density at radius 3 is 2.60 bits per heavy atom. The Morgan fingerprint density at radius 1 is 1.80 bits per heavy atom. The molecule has 4 nitrogen and oxygen atoms in total. The highest BCUT2D eigenvalue weighted by molar-refractivity contribution is 6.63. The Kier molecular flexibility index (Phi) is 3.95. The first-order valence-electron chi connectivity index (χ1n) is 2.82. The lowest BCUT2D eigenvalue weighted by Crippen LogP contribution is -2.12. The Labute approximate surface area is 63.3 Å². The zero-order valence-corrected chi connectivity index (χ0v) is 6.30. The number of nitro groups is 1. The Hall–Kier alpha value is -0.640. The van der Waals surface area contributed by atoms with Crippen molar-refractivity contribution >= 4 is 16.8 Å². The molecular weight excluding hydrogens is 158 g/mol. The van der Waals surface area contributed by atoms with E-state index in [0.717, 1.165) is 0 Å². The van der Waals surface area contributed by atoms with Gasteiger partial charge in [0.1, 0.15) is 0 Å². The molecule has 0 saturated heterocycles. The molecule has 0 bridgehead atoms. The van der Waals surface area contributed by atoms with E-state index in [0.29, 0.717) is 0 Å². The fourth-order valence-electron chi connectivity index (χ4n) is 0.593. The van der Waals surface area contributed by atoms with E-state index in [2.05, 4.69) is 0 Å². The molecule has 10 heavy (non-hydrogen) atoms. The fraction of sp³-hybridized carbons (Fsp3) is 0.800. The van der Waals surface area contributed by atoms with Crippen molar-refractivity contribution in [2.45, 2.75) is 13.3 Å². The summed E-state index contributed by atoms with van der Waals surface area (Å²) in [5, 5.41) is 9.32. The van der Waals surface area contributed by atoms with Gasteiger partial charge in [0.2, 0.25) is 11.8 Å². The zero-order valence-electron chi connectivity index (χ0n) is 5.54. The highest BCUT2D eigenvalue weighted by Gasteiger charge is 2.11. The van der Waals surface area contributed by atoms with Crippen molar-refractivity contribution in [2.24, 2.45) is 5.92 Å². The molecule has 0 unspecified atom stereocenters. The predicted octanol–water partition coefficient (Wildman–Crippen LogP) is 1.05. The fourth-order valence-corrected chi connectivity index (χ4v) is 0.856. The van der Waals surface area contributed by atoms with Crippen molar-refractivity contribution in [1.29, 1.82) is 0 Å². The second-order valence-corrected chi connectivity index (χ2v) is 2.60. The van der Waals surface area contributed by atoms with Crippen LogP contribution in [0.4, 0.5) is 0 Å². The van der Waals surface area contributed by atoms with Gasteiger partial charge >= 0.3 is 0 Å². The number of nitrogens with zero attached hydrogens (tertiary/aromatic N) is 1. The number of carbonyl (C=O) groups is 1. The summed E-state index contributed by atoms with van der Waals surface area (Å²) in [6.45, 7) is 1.42. The third-order valence-corrected chi connectivity index (χ3v) is 1.12. The second-order valence-electron chi connectivity index (χ2n) is 2.18. The van der Waals surface area contributed by atoms with Gasteiger partial charge in [-0.1, -0.05) is 6.92 Å². The van der Waals surface area contributed by atoms with Crippen LogP contribution in [-0.4, -0.2) is 16.7 Å². The van der Waals surface area contributed by atoms with E-state index in [4.69, 9.17) is 11.6 Å². The van der Waals surface area contributed by atoms with Crippen LogP contribution < -0.4 is 0 Å². The third-order valence-electron chi connectivity index (χ3n) is 0.970. The van der Waals surface area contributed by atoms with Gasteiger partial charge in [0.15, 0.2) is 0 Å². The molecule has 0 aromatic rings. The average molecular weight is 166 g/mol. The van der Waals surface area contributed by atoms with E-state index in [9.17, 15) is 14.9 Å². The summed E-state index contributed by atoms with van der Waals surface area (Å²) in [7, 11) is 0. The number of carbonyl (C=O) groups excluding carboxylic acids is 1. The quantitative estimate of drug-likeness (QED) is 0.356. The lowest BCUT2D eigenvalue weighted by molar-refractivity contribution is -0.487. The van der Waals surface area contributed by atoms with E-state index in [1.54, 1.807) is 6.92 Å². The van der Waals surface area contributed by atoms with Crippen molar-refractivity contribution in [1.82, 2.24) is 0 Å². The van der Waals surface area contributed by atoms with Gasteiger partial charge in [-0.15, -0.1) is 0 Å². The summed E-state index contributed by atoms with van der Waals surface area (Å²) in [6, 6.07) is 0. The van der Waals surface area contributed by atoms with E-state index >= 15 is 0 Å². The zero-order chi connectivity index (χ0) is 8.15. The monoisotopic (exact) mass is 165 g/mol. The molecule has 1 atom stereocenters. The summed E-state index contributed by atoms with van der Waals surface area (Å²) in [4.78, 5) is 19.6. The maximum atomic E-state index is 10.2. The molecule has 0 aliphatic heterocycles. The van der Waals surface area contributed by atoms with Gasteiger partial charge in [-0.05, 0) is 11.6 Å². The minimum atomic E-state index is -0.519. The lowest BCUT2D eigenvalue weighted by Gasteiger charge is -1.99. The van der Waals surface area contributed by atoms with Gasteiger partial charge in [0.25, 0.3) is 0 Å². The molecule has 0 amide bonds. The minimum absolute atomic E-state index is 0.0720. The molecule has 0 aliphatic rings. The molecule has 0 radical (unpaired) electrons. The van der Waals surface area contributed by atoms with Crippen LogP contribution in [0.2, 0.25) is 0 Å². The predicted molar refractivity (Wildman–Crippen MR) is 36.5 cm³/mol.